The molecule has 0 aliphatic carbocycles. The van der Waals surface area contributed by atoms with Crippen LogP contribution in [0.3, 0.4) is 0 Å². The van der Waals surface area contributed by atoms with Crippen molar-refractivity contribution in [2.45, 2.75) is 52.6 Å². The van der Waals surface area contributed by atoms with E-state index in [1.165, 1.54) is 0 Å². The summed E-state index contributed by atoms with van der Waals surface area (Å²) in [4.78, 5) is 0. The quantitative estimate of drug-likeness (QED) is 0.701. The summed E-state index contributed by atoms with van der Waals surface area (Å²) in [5.74, 6) is 0. The molecule has 0 aromatic carbocycles. The molecule has 0 aromatic rings. The van der Waals surface area contributed by atoms with E-state index in [1.807, 2.05) is 0 Å². The first kappa shape index (κ1) is 20.8. The molecule has 16 heavy (non-hydrogen) atoms. The maximum atomic E-state index is 9.59. The Morgan fingerprint density at radius 3 is 2.25 bits per heavy atom. The fourth-order valence-corrected chi connectivity index (χ4v) is 1.48. The second-order valence-electron chi connectivity index (χ2n) is 3.13. The van der Waals surface area contributed by atoms with Crippen molar-refractivity contribution in [3.8, 4) is 12.8 Å². The maximum Gasteiger partial charge on any atom is 0.111 e. The van der Waals surface area contributed by atoms with Crippen molar-refractivity contribution in [1.82, 2.24) is 0 Å². The number of rotatable bonds is 2. The van der Waals surface area contributed by atoms with Gasteiger partial charge in [0.1, 0.15) is 12.2 Å². The lowest BCUT2D eigenvalue weighted by Gasteiger charge is -2.35. The van der Waals surface area contributed by atoms with Gasteiger partial charge in [-0.05, 0) is 13.3 Å². The van der Waals surface area contributed by atoms with Crippen molar-refractivity contribution in [1.29, 1.82) is 0 Å². The second kappa shape index (κ2) is 10.9. The van der Waals surface area contributed by atoms with Crippen LogP contribution in [0.25, 0.3) is 0 Å². The van der Waals surface area contributed by atoms with E-state index in [4.69, 9.17) is 9.47 Å². The Balaban J connectivity index is -0.000000399. The van der Waals surface area contributed by atoms with Gasteiger partial charge in [0.2, 0.25) is 0 Å². The average molecular weight is 234 g/mol. The Hall–Kier alpha value is -0.600. The van der Waals surface area contributed by atoms with Crippen LogP contribution in [-0.4, -0.2) is 48.3 Å². The number of hydrogen-bond acceptors (Lipinski definition) is 4. The molecule has 2 N–H and O–H groups in total. The van der Waals surface area contributed by atoms with Crippen LogP contribution in [0.5, 0.6) is 0 Å². The fraction of sp³-hybridized carbons (Fsp3) is 0.833. The third kappa shape index (κ3) is 5.47. The minimum atomic E-state index is -0.719. The fourth-order valence-electron chi connectivity index (χ4n) is 1.48. The lowest BCUT2D eigenvalue weighted by atomic mass is 9.99. The molecule has 0 aromatic heterocycles. The van der Waals surface area contributed by atoms with Crippen molar-refractivity contribution in [2.24, 2.45) is 0 Å². The largest absolute Gasteiger partial charge is 0.391 e. The van der Waals surface area contributed by atoms with E-state index in [0.717, 1.165) is 0 Å². The van der Waals surface area contributed by atoms with Gasteiger partial charge < -0.3 is 19.7 Å². The zero-order valence-electron chi connectivity index (χ0n) is 8.59. The first-order valence-electron chi connectivity index (χ1n) is 4.50. The van der Waals surface area contributed by atoms with E-state index < -0.39 is 18.3 Å². The van der Waals surface area contributed by atoms with Gasteiger partial charge in [0, 0.05) is 13.7 Å². The molecule has 0 spiro atoms. The molecule has 4 heteroatoms. The lowest BCUT2D eigenvalue weighted by Crippen LogP contribution is -2.50. The van der Waals surface area contributed by atoms with Crippen LogP contribution in [-0.2, 0) is 9.47 Å². The molecule has 0 saturated carbocycles. The van der Waals surface area contributed by atoms with Crippen molar-refractivity contribution < 1.29 is 19.7 Å². The van der Waals surface area contributed by atoms with Crippen LogP contribution < -0.4 is 0 Å². The molecular formula is C12H26O4. The number of ether oxygens (including phenoxy) is 2. The van der Waals surface area contributed by atoms with Crippen LogP contribution in [0.1, 0.15) is 28.2 Å². The third-order valence-corrected chi connectivity index (χ3v) is 2.21. The van der Waals surface area contributed by atoms with Crippen molar-refractivity contribution in [2.75, 3.05) is 13.7 Å². The topological polar surface area (TPSA) is 58.9 Å². The number of hydrogen-bond donors (Lipinski definition) is 2. The summed E-state index contributed by atoms with van der Waals surface area (Å²) in [5, 5.41) is 18.8. The number of aliphatic hydroxyl groups excluding tert-OH is 2. The SMILES string of the molecule is C.C.C#C.COC1CCOC(C(C)O)C1O. The smallest absolute Gasteiger partial charge is 0.111 e. The van der Waals surface area contributed by atoms with Gasteiger partial charge >= 0.3 is 0 Å². The molecule has 1 aliphatic rings. The van der Waals surface area contributed by atoms with Gasteiger partial charge in [-0.25, -0.2) is 0 Å². The summed E-state index contributed by atoms with van der Waals surface area (Å²) < 4.78 is 10.2. The normalized spacial score (nSPS) is 29.8. The Bertz CT molecular complexity index is 168. The Labute approximate surface area is 99.6 Å². The van der Waals surface area contributed by atoms with Crippen LogP contribution >= 0.6 is 0 Å². The van der Waals surface area contributed by atoms with E-state index in [-0.39, 0.29) is 21.0 Å². The van der Waals surface area contributed by atoms with Crippen LogP contribution in [0.2, 0.25) is 0 Å². The monoisotopic (exact) mass is 234 g/mol. The molecule has 4 unspecified atom stereocenters. The molecule has 4 atom stereocenters. The van der Waals surface area contributed by atoms with Gasteiger partial charge in [0.05, 0.1) is 12.2 Å². The lowest BCUT2D eigenvalue weighted by molar-refractivity contribution is -0.173. The highest BCUT2D eigenvalue weighted by atomic mass is 16.5. The van der Waals surface area contributed by atoms with Gasteiger partial charge in [-0.2, -0.15) is 0 Å². The summed E-state index contributed by atoms with van der Waals surface area (Å²) in [7, 11) is 1.55. The molecule has 0 radical (unpaired) electrons. The summed E-state index contributed by atoms with van der Waals surface area (Å²) in [6, 6.07) is 0. The van der Waals surface area contributed by atoms with Crippen LogP contribution in [0, 0.1) is 12.8 Å². The molecule has 4 nitrogen and oxygen atoms in total. The third-order valence-electron chi connectivity index (χ3n) is 2.21. The van der Waals surface area contributed by atoms with Gasteiger partial charge in [0.25, 0.3) is 0 Å². The minimum Gasteiger partial charge on any atom is -0.391 e. The maximum absolute atomic E-state index is 9.59. The van der Waals surface area contributed by atoms with E-state index in [0.29, 0.717) is 13.0 Å². The zero-order valence-corrected chi connectivity index (χ0v) is 8.59. The molecule has 1 saturated heterocycles. The molecule has 98 valence electrons. The van der Waals surface area contributed by atoms with Crippen molar-refractivity contribution >= 4 is 0 Å². The Morgan fingerprint density at radius 2 is 1.88 bits per heavy atom. The first-order chi connectivity index (χ1) is 6.66. The molecule has 1 aliphatic heterocycles. The summed E-state index contributed by atoms with van der Waals surface area (Å²) in [6.07, 6.45) is 6.59. The summed E-state index contributed by atoms with van der Waals surface area (Å²) in [5.41, 5.74) is 0. The molecule has 0 amide bonds. The molecule has 1 heterocycles. The van der Waals surface area contributed by atoms with Crippen LogP contribution in [0.4, 0.5) is 0 Å². The van der Waals surface area contributed by atoms with Crippen molar-refractivity contribution in [3.05, 3.63) is 0 Å². The number of terminal acetylenes is 1. The zero-order chi connectivity index (χ0) is 11.1. The molecule has 1 rings (SSSR count). The van der Waals surface area contributed by atoms with E-state index in [9.17, 15) is 10.2 Å². The van der Waals surface area contributed by atoms with Gasteiger partial charge in [-0.3, -0.25) is 0 Å². The first-order valence-corrected chi connectivity index (χ1v) is 4.50. The molecule has 1 fully saturated rings. The highest BCUT2D eigenvalue weighted by molar-refractivity contribution is 4.84. The predicted molar refractivity (Wildman–Crippen MR) is 66.2 cm³/mol. The van der Waals surface area contributed by atoms with Crippen molar-refractivity contribution in [3.63, 3.8) is 0 Å². The van der Waals surface area contributed by atoms with E-state index in [2.05, 4.69) is 12.8 Å². The highest BCUT2D eigenvalue weighted by Crippen LogP contribution is 2.19. The Kier molecular flexibility index (Phi) is 14.2. The average Bonchev–Trinajstić information content (AvgIpc) is 2.21. The van der Waals surface area contributed by atoms with Crippen LogP contribution in [0.15, 0.2) is 0 Å². The summed E-state index contributed by atoms with van der Waals surface area (Å²) in [6.45, 7) is 2.14. The highest BCUT2D eigenvalue weighted by Gasteiger charge is 2.35. The number of aliphatic hydroxyl groups is 2. The summed E-state index contributed by atoms with van der Waals surface area (Å²) >= 11 is 0. The van der Waals surface area contributed by atoms with Gasteiger partial charge in [-0.15, -0.1) is 12.8 Å². The second-order valence-corrected chi connectivity index (χ2v) is 3.13. The standard InChI is InChI=1S/C8H16O4.C2H2.2CH4/c1-5(9)8-7(10)6(11-2)3-4-12-8;1-2;;/h5-10H,3-4H2,1-2H3;1-2H;2*1H4. The minimum absolute atomic E-state index is 0. The van der Waals surface area contributed by atoms with Gasteiger partial charge in [0.15, 0.2) is 0 Å². The predicted octanol–water partition coefficient (Wildman–Crippen LogP) is 1.05. The molecular weight excluding hydrogens is 208 g/mol. The number of methoxy groups -OCH3 is 1. The van der Waals surface area contributed by atoms with Gasteiger partial charge in [-0.1, -0.05) is 14.9 Å². The Morgan fingerprint density at radius 1 is 1.38 bits per heavy atom. The van der Waals surface area contributed by atoms with E-state index in [1.54, 1.807) is 14.0 Å². The van der Waals surface area contributed by atoms with E-state index >= 15 is 0 Å². The molecule has 0 bridgehead atoms.